The highest BCUT2D eigenvalue weighted by atomic mass is 19.1. The summed E-state index contributed by atoms with van der Waals surface area (Å²) in [6.07, 6.45) is 6.44. The zero-order valence-electron chi connectivity index (χ0n) is 12.2. The predicted molar refractivity (Wildman–Crippen MR) is 77.3 cm³/mol. The molecular weight excluding hydrogens is 257 g/mol. The first kappa shape index (κ1) is 14.8. The fraction of sp³-hybridized carbons (Fsp3) is 0.600. The molecular formula is C15H22FN3O. The fourth-order valence-electron chi connectivity index (χ4n) is 2.63. The Morgan fingerprint density at radius 2 is 2.20 bits per heavy atom. The minimum Gasteiger partial charge on any atom is -0.369 e. The molecule has 1 fully saturated rings. The maximum atomic E-state index is 13.4. The third-order valence-electron chi connectivity index (χ3n) is 3.82. The number of nitrogens with zero attached hydrogens (tertiary/aromatic N) is 2. The molecule has 0 unspecified atom stereocenters. The van der Waals surface area contributed by atoms with Crippen LogP contribution in [-0.2, 0) is 0 Å². The van der Waals surface area contributed by atoms with Crippen LogP contribution in [-0.4, -0.2) is 35.4 Å². The molecule has 2 rings (SSSR count). The lowest BCUT2D eigenvalue weighted by molar-refractivity contribution is 0.0735. The summed E-state index contributed by atoms with van der Waals surface area (Å²) in [5.74, 6) is -0.152. The largest absolute Gasteiger partial charge is 0.369 e. The van der Waals surface area contributed by atoms with Gasteiger partial charge in [-0.05, 0) is 25.3 Å². The average molecular weight is 279 g/mol. The van der Waals surface area contributed by atoms with Gasteiger partial charge in [-0.1, -0.05) is 19.8 Å². The highest BCUT2D eigenvalue weighted by molar-refractivity contribution is 5.98. The number of pyridine rings is 1. The van der Waals surface area contributed by atoms with E-state index < -0.39 is 5.82 Å². The van der Waals surface area contributed by atoms with E-state index in [0.29, 0.717) is 17.9 Å². The van der Waals surface area contributed by atoms with Gasteiger partial charge in [0.05, 0.1) is 11.8 Å². The third-order valence-corrected chi connectivity index (χ3v) is 3.82. The third kappa shape index (κ3) is 3.26. The molecule has 1 aromatic heterocycles. The number of halogens is 1. The quantitative estimate of drug-likeness (QED) is 0.901. The van der Waals surface area contributed by atoms with Crippen molar-refractivity contribution in [2.24, 2.45) is 0 Å². The van der Waals surface area contributed by atoms with Crippen molar-refractivity contribution < 1.29 is 9.18 Å². The number of amides is 1. The van der Waals surface area contributed by atoms with Crippen LogP contribution in [0.5, 0.6) is 0 Å². The van der Waals surface area contributed by atoms with Crippen LogP contribution in [0, 0.1) is 5.82 Å². The molecule has 1 heterocycles. The summed E-state index contributed by atoms with van der Waals surface area (Å²) in [7, 11) is 1.80. The van der Waals surface area contributed by atoms with Gasteiger partial charge in [-0.15, -0.1) is 0 Å². The standard InChI is InChI=1S/C15H22FN3O/c1-3-8-17-14-13(9-11(16)10-18-14)15(20)19(2)12-6-4-5-7-12/h9-10,12H,3-8H2,1-2H3,(H,17,18). The van der Waals surface area contributed by atoms with Crippen molar-refractivity contribution in [1.29, 1.82) is 0 Å². The van der Waals surface area contributed by atoms with Gasteiger partial charge in [0.15, 0.2) is 0 Å². The molecule has 1 N–H and O–H groups in total. The number of hydrogen-bond donors (Lipinski definition) is 1. The average Bonchev–Trinajstić information content (AvgIpc) is 2.98. The van der Waals surface area contributed by atoms with Crippen LogP contribution in [0.3, 0.4) is 0 Å². The highest BCUT2D eigenvalue weighted by Gasteiger charge is 2.26. The van der Waals surface area contributed by atoms with Crippen molar-refractivity contribution in [2.45, 2.75) is 45.1 Å². The number of rotatable bonds is 5. The normalized spacial score (nSPS) is 15.3. The lowest BCUT2D eigenvalue weighted by Crippen LogP contribution is -2.35. The second-order valence-electron chi connectivity index (χ2n) is 5.33. The van der Waals surface area contributed by atoms with Crippen LogP contribution in [0.15, 0.2) is 12.3 Å². The molecule has 0 bridgehead atoms. The molecule has 0 aromatic carbocycles. The van der Waals surface area contributed by atoms with E-state index in [2.05, 4.69) is 10.3 Å². The predicted octanol–water partition coefficient (Wildman–Crippen LogP) is 3.06. The Hall–Kier alpha value is -1.65. The number of anilines is 1. The molecule has 0 atom stereocenters. The Morgan fingerprint density at radius 3 is 2.85 bits per heavy atom. The molecule has 0 radical (unpaired) electrons. The van der Waals surface area contributed by atoms with Crippen molar-refractivity contribution in [3.8, 4) is 0 Å². The second kappa shape index (κ2) is 6.68. The van der Waals surface area contributed by atoms with Crippen molar-refractivity contribution >= 4 is 11.7 Å². The molecule has 110 valence electrons. The zero-order valence-corrected chi connectivity index (χ0v) is 12.2. The minimum absolute atomic E-state index is 0.150. The number of nitrogens with one attached hydrogen (secondary N) is 1. The Bertz CT molecular complexity index is 472. The van der Waals surface area contributed by atoms with E-state index in [4.69, 9.17) is 0 Å². The lowest BCUT2D eigenvalue weighted by Gasteiger charge is -2.25. The first-order valence-corrected chi connectivity index (χ1v) is 7.30. The maximum Gasteiger partial charge on any atom is 0.257 e. The second-order valence-corrected chi connectivity index (χ2v) is 5.33. The van der Waals surface area contributed by atoms with E-state index >= 15 is 0 Å². The molecule has 20 heavy (non-hydrogen) atoms. The van der Waals surface area contributed by atoms with Crippen molar-refractivity contribution in [3.05, 3.63) is 23.6 Å². The van der Waals surface area contributed by atoms with Gasteiger partial charge in [-0.3, -0.25) is 4.79 Å². The van der Waals surface area contributed by atoms with E-state index in [1.54, 1.807) is 11.9 Å². The molecule has 1 aliphatic carbocycles. The van der Waals surface area contributed by atoms with Crippen LogP contribution in [0.2, 0.25) is 0 Å². The van der Waals surface area contributed by atoms with Crippen LogP contribution in [0.25, 0.3) is 0 Å². The van der Waals surface area contributed by atoms with E-state index in [-0.39, 0.29) is 11.9 Å². The number of aromatic nitrogens is 1. The smallest absolute Gasteiger partial charge is 0.257 e. The number of carbonyl (C=O) groups excluding carboxylic acids is 1. The summed E-state index contributed by atoms with van der Waals surface area (Å²) in [6.45, 7) is 2.74. The molecule has 0 spiro atoms. The first-order chi connectivity index (χ1) is 9.63. The molecule has 4 nitrogen and oxygen atoms in total. The highest BCUT2D eigenvalue weighted by Crippen LogP contribution is 2.25. The molecule has 5 heteroatoms. The van der Waals surface area contributed by atoms with E-state index in [9.17, 15) is 9.18 Å². The summed E-state index contributed by atoms with van der Waals surface area (Å²) >= 11 is 0. The van der Waals surface area contributed by atoms with Gasteiger partial charge in [-0.2, -0.15) is 0 Å². The summed E-state index contributed by atoms with van der Waals surface area (Å²) in [5.41, 5.74) is 0.327. The minimum atomic E-state index is -0.477. The monoisotopic (exact) mass is 279 g/mol. The molecule has 0 saturated heterocycles. The summed E-state index contributed by atoms with van der Waals surface area (Å²) < 4.78 is 13.4. The SMILES string of the molecule is CCCNc1ncc(F)cc1C(=O)N(C)C1CCCC1. The van der Waals surface area contributed by atoms with Crippen LogP contribution >= 0.6 is 0 Å². The molecule has 1 aliphatic rings. The van der Waals surface area contributed by atoms with Gasteiger partial charge in [0.1, 0.15) is 11.6 Å². The summed E-state index contributed by atoms with van der Waals surface area (Å²) in [6, 6.07) is 1.54. The first-order valence-electron chi connectivity index (χ1n) is 7.30. The van der Waals surface area contributed by atoms with Crippen LogP contribution in [0.1, 0.15) is 49.4 Å². The van der Waals surface area contributed by atoms with Crippen molar-refractivity contribution in [2.75, 3.05) is 18.9 Å². The Kier molecular flexibility index (Phi) is 4.93. The summed E-state index contributed by atoms with van der Waals surface area (Å²) in [5, 5.41) is 3.09. The Labute approximate surface area is 119 Å². The van der Waals surface area contributed by atoms with Gasteiger partial charge in [-0.25, -0.2) is 9.37 Å². The lowest BCUT2D eigenvalue weighted by atomic mass is 10.1. The van der Waals surface area contributed by atoms with Gasteiger partial charge in [0, 0.05) is 19.6 Å². The molecule has 1 amide bonds. The van der Waals surface area contributed by atoms with Crippen molar-refractivity contribution in [1.82, 2.24) is 9.88 Å². The molecule has 1 saturated carbocycles. The van der Waals surface area contributed by atoms with Gasteiger partial charge in [0.2, 0.25) is 0 Å². The topological polar surface area (TPSA) is 45.2 Å². The van der Waals surface area contributed by atoms with Crippen LogP contribution < -0.4 is 5.32 Å². The Morgan fingerprint density at radius 1 is 1.50 bits per heavy atom. The van der Waals surface area contributed by atoms with E-state index in [1.165, 1.54) is 6.07 Å². The van der Waals surface area contributed by atoms with Gasteiger partial charge >= 0.3 is 0 Å². The number of hydrogen-bond acceptors (Lipinski definition) is 3. The molecule has 1 aromatic rings. The number of carbonyl (C=O) groups is 1. The fourth-order valence-corrected chi connectivity index (χ4v) is 2.63. The van der Waals surface area contributed by atoms with Crippen molar-refractivity contribution in [3.63, 3.8) is 0 Å². The Balaban J connectivity index is 2.20. The zero-order chi connectivity index (χ0) is 14.5. The van der Waals surface area contributed by atoms with E-state index in [0.717, 1.165) is 38.3 Å². The maximum absolute atomic E-state index is 13.4. The van der Waals surface area contributed by atoms with Crippen LogP contribution in [0.4, 0.5) is 10.2 Å². The van der Waals surface area contributed by atoms with Gasteiger partial charge < -0.3 is 10.2 Å². The molecule has 0 aliphatic heterocycles. The van der Waals surface area contributed by atoms with Gasteiger partial charge in [0.25, 0.3) is 5.91 Å². The summed E-state index contributed by atoms with van der Waals surface area (Å²) in [4.78, 5) is 18.3. The van der Waals surface area contributed by atoms with E-state index in [1.807, 2.05) is 6.92 Å².